The van der Waals surface area contributed by atoms with E-state index >= 15 is 0 Å². The topological polar surface area (TPSA) is 68.3 Å². The van der Waals surface area contributed by atoms with E-state index in [9.17, 15) is 9.59 Å². The van der Waals surface area contributed by atoms with Crippen LogP contribution < -0.4 is 10.1 Å². The zero-order chi connectivity index (χ0) is 14.1. The molecule has 5 nitrogen and oxygen atoms in total. The van der Waals surface area contributed by atoms with Crippen molar-refractivity contribution in [2.75, 3.05) is 11.9 Å². The molecule has 1 aliphatic heterocycles. The van der Waals surface area contributed by atoms with E-state index in [1.165, 1.54) is 0 Å². The molecule has 0 spiro atoms. The lowest BCUT2D eigenvalue weighted by Gasteiger charge is -2.19. The average molecular weight is 333 g/mol. The number of rotatable bonds is 2. The first-order valence-corrected chi connectivity index (χ1v) is 6.65. The Balaban J connectivity index is 2.03. The number of nitrogens with one attached hydrogen (secondary N) is 1. The van der Waals surface area contributed by atoms with Crippen molar-refractivity contribution in [2.45, 2.75) is 0 Å². The van der Waals surface area contributed by atoms with Crippen LogP contribution in [-0.2, 0) is 4.79 Å². The van der Waals surface area contributed by atoms with Gasteiger partial charge in [0.2, 0.25) is 0 Å². The van der Waals surface area contributed by atoms with Crippen LogP contribution in [0.2, 0.25) is 0 Å². The van der Waals surface area contributed by atoms with Gasteiger partial charge in [-0.3, -0.25) is 14.6 Å². The quantitative estimate of drug-likeness (QED) is 0.857. The molecule has 0 saturated heterocycles. The minimum atomic E-state index is -0.211. The third-order valence-corrected chi connectivity index (χ3v) is 3.55. The Morgan fingerprint density at radius 3 is 2.80 bits per heavy atom. The third-order valence-electron chi connectivity index (χ3n) is 2.89. The van der Waals surface area contributed by atoms with E-state index in [4.69, 9.17) is 4.74 Å². The zero-order valence-electron chi connectivity index (χ0n) is 10.2. The maximum Gasteiger partial charge on any atom is 0.262 e. The highest BCUT2D eigenvalue weighted by atomic mass is 79.9. The molecule has 2 heterocycles. The van der Waals surface area contributed by atoms with E-state index in [1.807, 2.05) is 0 Å². The average Bonchev–Trinajstić information content (AvgIpc) is 2.46. The van der Waals surface area contributed by atoms with Crippen molar-refractivity contribution in [1.82, 2.24) is 4.98 Å². The number of pyridine rings is 1. The molecule has 0 unspecified atom stereocenters. The molecule has 1 aliphatic rings. The SMILES string of the molecule is O=C1COc2cc(C(=O)c3ccncc3)c(Br)cc2N1. The summed E-state index contributed by atoms with van der Waals surface area (Å²) >= 11 is 3.35. The van der Waals surface area contributed by atoms with E-state index in [0.717, 1.165) is 0 Å². The number of carbonyl (C=O) groups excluding carboxylic acids is 2. The third kappa shape index (κ3) is 2.30. The highest BCUT2D eigenvalue weighted by Crippen LogP contribution is 2.34. The van der Waals surface area contributed by atoms with Gasteiger partial charge in [-0.25, -0.2) is 0 Å². The largest absolute Gasteiger partial charge is 0.482 e. The molecule has 20 heavy (non-hydrogen) atoms. The van der Waals surface area contributed by atoms with Gasteiger partial charge in [-0.05, 0) is 40.2 Å². The van der Waals surface area contributed by atoms with E-state index in [2.05, 4.69) is 26.2 Å². The van der Waals surface area contributed by atoms with Gasteiger partial charge >= 0.3 is 0 Å². The molecule has 1 aromatic carbocycles. The number of ketones is 1. The van der Waals surface area contributed by atoms with Gasteiger partial charge in [0.05, 0.1) is 5.69 Å². The first-order valence-electron chi connectivity index (χ1n) is 5.86. The number of aromatic nitrogens is 1. The van der Waals surface area contributed by atoms with E-state index < -0.39 is 0 Å². The van der Waals surface area contributed by atoms with Crippen molar-refractivity contribution >= 4 is 33.3 Å². The maximum atomic E-state index is 12.4. The summed E-state index contributed by atoms with van der Waals surface area (Å²) in [6.45, 7) is -0.0441. The van der Waals surface area contributed by atoms with Gasteiger partial charge in [0.25, 0.3) is 5.91 Å². The van der Waals surface area contributed by atoms with Crippen LogP contribution >= 0.6 is 15.9 Å². The normalized spacial score (nSPS) is 13.2. The van der Waals surface area contributed by atoms with Gasteiger partial charge in [0, 0.05) is 28.0 Å². The van der Waals surface area contributed by atoms with Crippen molar-refractivity contribution in [1.29, 1.82) is 0 Å². The Morgan fingerprint density at radius 2 is 2.05 bits per heavy atom. The number of ether oxygens (including phenoxy) is 1. The Kier molecular flexibility index (Phi) is 3.23. The van der Waals surface area contributed by atoms with Gasteiger partial charge < -0.3 is 10.1 Å². The molecular weight excluding hydrogens is 324 g/mol. The van der Waals surface area contributed by atoms with Crippen LogP contribution in [0.1, 0.15) is 15.9 Å². The van der Waals surface area contributed by atoms with Gasteiger partial charge in [-0.1, -0.05) is 0 Å². The molecular formula is C14H9BrN2O3. The smallest absolute Gasteiger partial charge is 0.262 e. The predicted molar refractivity (Wildman–Crippen MR) is 75.9 cm³/mol. The molecule has 6 heteroatoms. The summed E-state index contributed by atoms with van der Waals surface area (Å²) in [4.78, 5) is 27.6. The summed E-state index contributed by atoms with van der Waals surface area (Å²) in [5.41, 5.74) is 1.57. The molecule has 3 rings (SSSR count). The van der Waals surface area contributed by atoms with Crippen LogP contribution in [0.5, 0.6) is 5.75 Å². The number of hydrogen-bond acceptors (Lipinski definition) is 4. The Labute approximate surface area is 123 Å². The second-order valence-electron chi connectivity index (χ2n) is 4.23. The van der Waals surface area contributed by atoms with Crippen molar-refractivity contribution in [3.8, 4) is 5.75 Å². The van der Waals surface area contributed by atoms with Crippen molar-refractivity contribution in [3.63, 3.8) is 0 Å². The molecule has 1 N–H and O–H groups in total. The van der Waals surface area contributed by atoms with Crippen LogP contribution in [-0.4, -0.2) is 23.3 Å². The molecule has 0 aliphatic carbocycles. The molecule has 0 radical (unpaired) electrons. The fourth-order valence-electron chi connectivity index (χ4n) is 1.93. The van der Waals surface area contributed by atoms with E-state index in [-0.39, 0.29) is 18.3 Å². The highest BCUT2D eigenvalue weighted by molar-refractivity contribution is 9.10. The minimum absolute atomic E-state index is 0.0441. The lowest BCUT2D eigenvalue weighted by molar-refractivity contribution is -0.118. The van der Waals surface area contributed by atoms with Gasteiger partial charge in [0.15, 0.2) is 12.4 Å². The molecule has 0 saturated carbocycles. The standard InChI is InChI=1S/C14H9BrN2O3/c15-10-6-11-12(20-7-13(18)17-11)5-9(10)14(19)8-1-3-16-4-2-8/h1-6H,7H2,(H,17,18). The van der Waals surface area contributed by atoms with Gasteiger partial charge in [-0.2, -0.15) is 0 Å². The number of halogens is 1. The van der Waals surface area contributed by atoms with Gasteiger partial charge in [-0.15, -0.1) is 0 Å². The lowest BCUT2D eigenvalue weighted by Crippen LogP contribution is -2.25. The number of nitrogens with zero attached hydrogens (tertiary/aromatic N) is 1. The monoisotopic (exact) mass is 332 g/mol. The predicted octanol–water partition coefficient (Wildman–Crippen LogP) is 2.41. The van der Waals surface area contributed by atoms with Crippen LogP contribution in [0.15, 0.2) is 41.1 Å². The van der Waals surface area contributed by atoms with Crippen LogP contribution in [0.3, 0.4) is 0 Å². The minimum Gasteiger partial charge on any atom is -0.482 e. The van der Waals surface area contributed by atoms with Gasteiger partial charge in [0.1, 0.15) is 5.75 Å². The first-order chi connectivity index (χ1) is 9.65. The summed E-state index contributed by atoms with van der Waals surface area (Å²) in [6.07, 6.45) is 3.13. The molecule has 0 bridgehead atoms. The number of benzene rings is 1. The lowest BCUT2D eigenvalue weighted by atomic mass is 10.0. The number of carbonyl (C=O) groups is 2. The molecule has 1 aromatic heterocycles. The highest BCUT2D eigenvalue weighted by Gasteiger charge is 2.21. The Bertz CT molecular complexity index is 701. The molecule has 100 valence electrons. The van der Waals surface area contributed by atoms with Crippen molar-refractivity contribution < 1.29 is 14.3 Å². The number of hydrogen-bond donors (Lipinski definition) is 1. The number of amides is 1. The van der Waals surface area contributed by atoms with E-state index in [0.29, 0.717) is 27.0 Å². The Morgan fingerprint density at radius 1 is 1.30 bits per heavy atom. The fraction of sp³-hybridized carbons (Fsp3) is 0.0714. The van der Waals surface area contributed by atoms with E-state index in [1.54, 1.807) is 36.7 Å². The van der Waals surface area contributed by atoms with Crippen molar-refractivity contribution in [3.05, 3.63) is 52.3 Å². The second kappa shape index (κ2) is 5.05. The number of anilines is 1. The maximum absolute atomic E-state index is 12.4. The van der Waals surface area contributed by atoms with Crippen LogP contribution in [0.25, 0.3) is 0 Å². The first kappa shape index (κ1) is 12.8. The Hall–Kier alpha value is -2.21. The fourth-order valence-corrected chi connectivity index (χ4v) is 2.46. The van der Waals surface area contributed by atoms with Crippen LogP contribution in [0, 0.1) is 0 Å². The summed E-state index contributed by atoms with van der Waals surface area (Å²) in [5.74, 6) is 0.144. The zero-order valence-corrected chi connectivity index (χ0v) is 11.8. The summed E-state index contributed by atoms with van der Waals surface area (Å²) in [7, 11) is 0. The second-order valence-corrected chi connectivity index (χ2v) is 5.08. The molecule has 0 atom stereocenters. The van der Waals surface area contributed by atoms with Crippen molar-refractivity contribution in [2.24, 2.45) is 0 Å². The van der Waals surface area contributed by atoms with Crippen LogP contribution in [0.4, 0.5) is 5.69 Å². The summed E-state index contributed by atoms with van der Waals surface area (Å²) in [6, 6.07) is 6.59. The molecule has 1 amide bonds. The molecule has 0 fully saturated rings. The summed E-state index contributed by atoms with van der Waals surface area (Å²) in [5, 5.41) is 2.69. The molecule has 2 aromatic rings. The summed E-state index contributed by atoms with van der Waals surface area (Å²) < 4.78 is 5.92. The number of fused-ring (bicyclic) bond motifs is 1.